The maximum Gasteiger partial charge on any atom is 0.0715 e. The maximum atomic E-state index is 10.3. The Morgan fingerprint density at radius 2 is 1.23 bits per heavy atom. The van der Waals surface area contributed by atoms with Crippen LogP contribution in [0.2, 0.25) is 0 Å². The van der Waals surface area contributed by atoms with Gasteiger partial charge in [-0.1, -0.05) is 24.3 Å². The highest BCUT2D eigenvalue weighted by Gasteiger charge is 1.93. The number of carbonyl (C=O) groups is 1. The van der Waals surface area contributed by atoms with E-state index in [2.05, 4.69) is 61.3 Å². The summed E-state index contributed by atoms with van der Waals surface area (Å²) in [6, 6.07) is 5.74. The number of nitrogens with zero attached hydrogens (tertiary/aromatic N) is 2. The Hall–Kier alpha value is -1.47. The molecule has 0 aliphatic rings. The van der Waals surface area contributed by atoms with Gasteiger partial charge in [0.05, 0.1) is 69.0 Å². The van der Waals surface area contributed by atoms with Gasteiger partial charge in [0.2, 0.25) is 0 Å². The van der Waals surface area contributed by atoms with Crippen LogP contribution in [0, 0.1) is 0 Å². The first kappa shape index (κ1) is 22.8. The van der Waals surface area contributed by atoms with Crippen LogP contribution < -0.4 is 10.4 Å². The van der Waals surface area contributed by atoms with Crippen LogP contribution in [0.15, 0.2) is 24.3 Å². The van der Waals surface area contributed by atoms with Crippen LogP contribution >= 0.6 is 0 Å². The lowest BCUT2D eigenvalue weighted by molar-refractivity contribution is -0.849. The molecule has 0 fully saturated rings. The van der Waals surface area contributed by atoms with Crippen molar-refractivity contribution in [3.63, 3.8) is 0 Å². The number of carboxylic acids is 1. The zero-order chi connectivity index (χ0) is 18.0. The number of hydrogen-bond acceptors (Lipinski definition) is 4. The Labute approximate surface area is 134 Å². The number of aromatic carboxylic acids is 1. The van der Waals surface area contributed by atoms with E-state index in [1.807, 2.05) is 0 Å². The van der Waals surface area contributed by atoms with E-state index in [-0.39, 0.29) is 12.2 Å². The van der Waals surface area contributed by atoms with Gasteiger partial charge in [-0.15, -0.1) is 0 Å². The lowest BCUT2D eigenvalue weighted by Gasteiger charge is -2.14. The van der Waals surface area contributed by atoms with E-state index in [0.29, 0.717) is 5.56 Å². The van der Waals surface area contributed by atoms with Crippen LogP contribution in [0.4, 0.5) is 0 Å². The molecule has 0 aliphatic carbocycles. The van der Waals surface area contributed by atoms with Gasteiger partial charge in [0.15, 0.2) is 0 Å². The van der Waals surface area contributed by atoms with Gasteiger partial charge >= 0.3 is 0 Å². The third kappa shape index (κ3) is 23.6. The zero-order valence-electron chi connectivity index (χ0n) is 15.0. The first-order valence-corrected chi connectivity index (χ1v) is 6.87. The molecule has 0 atom stereocenters. The van der Waals surface area contributed by atoms with Crippen molar-refractivity contribution in [3.8, 4) is 0 Å². The average molecular weight is 314 g/mol. The normalized spacial score (nSPS) is 10.8. The molecule has 0 spiro atoms. The number of quaternary nitrogens is 2. The fraction of sp³-hybridized carbons (Fsp3) is 0.562. The van der Waals surface area contributed by atoms with E-state index < -0.39 is 5.97 Å². The van der Waals surface area contributed by atoms with Crippen LogP contribution in [0.25, 0.3) is 0 Å². The molecule has 1 rings (SSSR count). The molecule has 0 N–H and O–H groups in total. The number of carboxylic acid groups (broad SMARTS) is 1. The molecule has 6 heteroatoms. The van der Waals surface area contributed by atoms with Gasteiger partial charge in [-0.2, -0.15) is 0 Å². The molecular weight excluding hydrogens is 284 g/mol. The van der Waals surface area contributed by atoms with Gasteiger partial charge in [0, 0.05) is 0 Å². The van der Waals surface area contributed by atoms with E-state index in [4.69, 9.17) is 0 Å². The Kier molecular flexibility index (Phi) is 10.7. The molecular formula is C16H30N2O4. The summed E-state index contributed by atoms with van der Waals surface area (Å²) in [5.74, 6) is -1.23. The molecule has 0 amide bonds. The van der Waals surface area contributed by atoms with E-state index in [1.165, 1.54) is 24.3 Å². The highest BCUT2D eigenvalue weighted by atomic mass is 17.1. The van der Waals surface area contributed by atoms with Crippen LogP contribution in [-0.2, 0) is 11.5 Å². The van der Waals surface area contributed by atoms with Crippen LogP contribution in [0.5, 0.6) is 0 Å². The molecule has 22 heavy (non-hydrogen) atoms. The molecule has 0 radical (unpaired) electrons. The standard InChI is InChI=1S/C8H8O4.2C4H12N/c9-8(10)7-3-1-6(2-4-7)5-12-11;2*1-5(2,3)4/h1-4,11H,5H2,(H,9,10);2*1-4H3/q;2*+1/p-2. The Morgan fingerprint density at radius 3 is 1.45 bits per heavy atom. The van der Waals surface area contributed by atoms with Crippen molar-refractivity contribution in [3.05, 3.63) is 35.4 Å². The Bertz CT molecular complexity index is 393. The summed E-state index contributed by atoms with van der Waals surface area (Å²) in [6.45, 7) is -0.0622. The van der Waals surface area contributed by atoms with E-state index in [0.717, 1.165) is 8.97 Å². The lowest BCUT2D eigenvalue weighted by Crippen LogP contribution is -2.27. The van der Waals surface area contributed by atoms with Gasteiger partial charge in [-0.25, -0.2) is 0 Å². The molecule has 6 nitrogen and oxygen atoms in total. The third-order valence-corrected chi connectivity index (χ3v) is 1.42. The predicted octanol–water partition coefficient (Wildman–Crippen LogP) is -0.513. The van der Waals surface area contributed by atoms with Crippen molar-refractivity contribution < 1.29 is 29.0 Å². The maximum absolute atomic E-state index is 10.3. The third-order valence-electron chi connectivity index (χ3n) is 1.42. The number of rotatable bonds is 3. The SMILES string of the molecule is C[N+](C)(C)C.C[N+](C)(C)C.O=C([O-])c1ccc(CO[O-])cc1. The molecule has 0 aliphatic heterocycles. The summed E-state index contributed by atoms with van der Waals surface area (Å²) in [6.07, 6.45) is 0. The van der Waals surface area contributed by atoms with Crippen LogP contribution in [-0.4, -0.2) is 71.3 Å². The largest absolute Gasteiger partial charge is 0.723 e. The fourth-order valence-electron chi connectivity index (χ4n) is 0.805. The summed E-state index contributed by atoms with van der Waals surface area (Å²) in [5, 5.41) is 20.0. The highest BCUT2D eigenvalue weighted by molar-refractivity contribution is 5.85. The van der Waals surface area contributed by atoms with Crippen molar-refractivity contribution in [2.75, 3.05) is 56.4 Å². The second-order valence-corrected chi connectivity index (χ2v) is 7.61. The Morgan fingerprint density at radius 1 is 0.909 bits per heavy atom. The van der Waals surface area contributed by atoms with E-state index >= 15 is 0 Å². The molecule has 0 heterocycles. The summed E-state index contributed by atoms with van der Waals surface area (Å²) >= 11 is 0. The topological polar surface area (TPSA) is 72.4 Å². The predicted molar refractivity (Wildman–Crippen MR) is 83.5 cm³/mol. The molecule has 1 aromatic rings. The molecule has 1 aromatic carbocycles. The minimum atomic E-state index is -1.23. The molecule has 128 valence electrons. The van der Waals surface area contributed by atoms with Gasteiger partial charge < -0.3 is 29.0 Å². The lowest BCUT2D eigenvalue weighted by atomic mass is 10.1. The summed E-state index contributed by atoms with van der Waals surface area (Å²) in [5.41, 5.74) is 0.722. The molecule has 0 aromatic heterocycles. The quantitative estimate of drug-likeness (QED) is 0.428. The van der Waals surface area contributed by atoms with Crippen molar-refractivity contribution >= 4 is 5.97 Å². The minimum Gasteiger partial charge on any atom is -0.723 e. The number of hydrogen-bond donors (Lipinski definition) is 0. The number of benzene rings is 1. The zero-order valence-corrected chi connectivity index (χ0v) is 15.0. The Balaban J connectivity index is 0. The monoisotopic (exact) mass is 314 g/mol. The van der Waals surface area contributed by atoms with Gasteiger partial charge in [0.25, 0.3) is 0 Å². The van der Waals surface area contributed by atoms with Gasteiger partial charge in [-0.05, 0) is 11.1 Å². The van der Waals surface area contributed by atoms with Gasteiger partial charge in [-0.3, -0.25) is 0 Å². The minimum absolute atomic E-state index is 0.0622. The second-order valence-electron chi connectivity index (χ2n) is 7.61. The number of carbonyl (C=O) groups excluding carboxylic acids is 1. The van der Waals surface area contributed by atoms with Crippen molar-refractivity contribution in [1.82, 2.24) is 0 Å². The smallest absolute Gasteiger partial charge is 0.0715 e. The fourth-order valence-corrected chi connectivity index (χ4v) is 0.805. The van der Waals surface area contributed by atoms with E-state index in [9.17, 15) is 15.2 Å². The van der Waals surface area contributed by atoms with Crippen molar-refractivity contribution in [2.45, 2.75) is 6.61 Å². The summed E-state index contributed by atoms with van der Waals surface area (Å²) in [7, 11) is 17.0. The first-order chi connectivity index (χ1) is 9.74. The van der Waals surface area contributed by atoms with Crippen LogP contribution in [0.3, 0.4) is 0 Å². The van der Waals surface area contributed by atoms with Crippen LogP contribution in [0.1, 0.15) is 15.9 Å². The van der Waals surface area contributed by atoms with E-state index in [1.54, 1.807) is 0 Å². The molecule has 0 saturated heterocycles. The molecule has 0 bridgehead atoms. The summed E-state index contributed by atoms with van der Waals surface area (Å²) in [4.78, 5) is 13.9. The molecule has 0 unspecified atom stereocenters. The summed E-state index contributed by atoms with van der Waals surface area (Å²) < 4.78 is 2.00. The average Bonchev–Trinajstić information content (AvgIpc) is 2.25. The second kappa shape index (κ2) is 10.3. The van der Waals surface area contributed by atoms with Crippen molar-refractivity contribution in [1.29, 1.82) is 0 Å². The molecule has 0 saturated carbocycles. The van der Waals surface area contributed by atoms with Gasteiger partial charge in [0.1, 0.15) is 0 Å². The first-order valence-electron chi connectivity index (χ1n) is 6.87. The van der Waals surface area contributed by atoms with Crippen molar-refractivity contribution in [2.24, 2.45) is 0 Å². The highest BCUT2D eigenvalue weighted by Crippen LogP contribution is 2.03.